The van der Waals surface area contributed by atoms with Gasteiger partial charge in [0, 0.05) is 11.9 Å². The van der Waals surface area contributed by atoms with Crippen molar-refractivity contribution in [2.75, 3.05) is 12.4 Å². The van der Waals surface area contributed by atoms with Gasteiger partial charge in [-0.15, -0.1) is 0 Å². The highest BCUT2D eigenvalue weighted by Gasteiger charge is 2.20. The molecule has 1 heterocycles. The molecule has 0 aliphatic rings. The fourth-order valence-corrected chi connectivity index (χ4v) is 3.10. The van der Waals surface area contributed by atoms with Crippen molar-refractivity contribution in [3.63, 3.8) is 0 Å². The van der Waals surface area contributed by atoms with Crippen molar-refractivity contribution >= 4 is 28.3 Å². The van der Waals surface area contributed by atoms with E-state index >= 15 is 0 Å². The molecule has 7 nitrogen and oxygen atoms in total. The van der Waals surface area contributed by atoms with Crippen LogP contribution >= 0.6 is 0 Å². The average Bonchev–Trinajstić information content (AvgIpc) is 2.70. The van der Waals surface area contributed by atoms with Gasteiger partial charge in [0.1, 0.15) is 0 Å². The lowest BCUT2D eigenvalue weighted by Gasteiger charge is -2.14. The number of fused-ring (bicyclic) bond motifs is 1. The van der Waals surface area contributed by atoms with Crippen molar-refractivity contribution in [2.45, 2.75) is 27.3 Å². The van der Waals surface area contributed by atoms with Gasteiger partial charge in [-0.25, -0.2) is 9.48 Å². The molecular weight excluding hydrogens is 370 g/mol. The highest BCUT2D eigenvalue weighted by atomic mass is 16.5. The molecule has 1 amide bonds. The third-order valence-corrected chi connectivity index (χ3v) is 4.45. The smallest absolute Gasteiger partial charge is 0.339 e. The molecule has 3 rings (SSSR count). The molecule has 7 heteroatoms. The molecule has 0 fully saturated rings. The number of hydrogen-bond acceptors (Lipinski definition) is 5. The number of amides is 1. The zero-order chi connectivity index (χ0) is 21.1. The van der Waals surface area contributed by atoms with Crippen LogP contribution in [0.3, 0.4) is 0 Å². The van der Waals surface area contributed by atoms with Gasteiger partial charge in [-0.3, -0.25) is 9.59 Å². The zero-order valence-electron chi connectivity index (χ0n) is 16.9. The number of esters is 1. The number of aryl methyl sites for hydroxylation is 1. The number of hydrogen-bond donors (Lipinski definition) is 1. The largest absolute Gasteiger partial charge is 0.465 e. The summed E-state index contributed by atoms with van der Waals surface area (Å²) in [5, 5.41) is 7.95. The standard InChI is InChI=1S/C22H23N3O4/c1-13(2)12-25-21(27)16-8-6-5-7-15(16)19(24-25)20(26)23-18-10-9-14(3)11-17(18)22(28)29-4/h5-11,13H,12H2,1-4H3,(H,23,26). The van der Waals surface area contributed by atoms with Gasteiger partial charge >= 0.3 is 5.97 Å². The van der Waals surface area contributed by atoms with E-state index in [2.05, 4.69) is 10.4 Å². The van der Waals surface area contributed by atoms with Crippen molar-refractivity contribution in [2.24, 2.45) is 5.92 Å². The molecule has 0 spiro atoms. The first-order valence-corrected chi connectivity index (χ1v) is 9.32. The fraction of sp³-hybridized carbons (Fsp3) is 0.273. The topological polar surface area (TPSA) is 90.3 Å². The van der Waals surface area contributed by atoms with E-state index in [-0.39, 0.29) is 22.7 Å². The number of nitrogens with one attached hydrogen (secondary N) is 1. The summed E-state index contributed by atoms with van der Waals surface area (Å²) in [5.41, 5.74) is 1.31. The summed E-state index contributed by atoms with van der Waals surface area (Å²) in [5.74, 6) is -0.875. The summed E-state index contributed by atoms with van der Waals surface area (Å²) in [7, 11) is 1.28. The van der Waals surface area contributed by atoms with Crippen LogP contribution in [0.5, 0.6) is 0 Å². The van der Waals surface area contributed by atoms with E-state index < -0.39 is 11.9 Å². The number of benzene rings is 2. The highest BCUT2D eigenvalue weighted by Crippen LogP contribution is 2.21. The van der Waals surface area contributed by atoms with Crippen LogP contribution in [0.4, 0.5) is 5.69 Å². The second kappa shape index (κ2) is 8.26. The van der Waals surface area contributed by atoms with Crippen molar-refractivity contribution in [3.8, 4) is 0 Å². The van der Waals surface area contributed by atoms with Crippen molar-refractivity contribution in [1.82, 2.24) is 9.78 Å². The number of methoxy groups -OCH3 is 1. The number of aromatic nitrogens is 2. The molecule has 0 saturated carbocycles. The van der Waals surface area contributed by atoms with Gasteiger partial charge in [0.05, 0.1) is 23.7 Å². The van der Waals surface area contributed by atoms with E-state index in [1.54, 1.807) is 42.5 Å². The second-order valence-corrected chi connectivity index (χ2v) is 7.27. The Morgan fingerprint density at radius 2 is 1.83 bits per heavy atom. The summed E-state index contributed by atoms with van der Waals surface area (Å²) in [4.78, 5) is 37.9. The third-order valence-electron chi connectivity index (χ3n) is 4.45. The van der Waals surface area contributed by atoms with Crippen LogP contribution in [-0.4, -0.2) is 28.8 Å². The SMILES string of the molecule is COC(=O)c1cc(C)ccc1NC(=O)c1nn(CC(C)C)c(=O)c2ccccc12. The Hall–Kier alpha value is -3.48. The molecule has 1 N–H and O–H groups in total. The van der Waals surface area contributed by atoms with Crippen LogP contribution in [0.15, 0.2) is 47.3 Å². The van der Waals surface area contributed by atoms with Gasteiger partial charge in [0.25, 0.3) is 11.5 Å². The van der Waals surface area contributed by atoms with Crippen LogP contribution in [0.2, 0.25) is 0 Å². The minimum atomic E-state index is -0.549. The summed E-state index contributed by atoms with van der Waals surface area (Å²) in [6, 6.07) is 11.9. The lowest BCUT2D eigenvalue weighted by molar-refractivity contribution is 0.0602. The van der Waals surface area contributed by atoms with Gasteiger partial charge in [-0.2, -0.15) is 5.10 Å². The molecule has 1 aromatic heterocycles. The lowest BCUT2D eigenvalue weighted by Crippen LogP contribution is -2.29. The molecule has 3 aromatic rings. The first kappa shape index (κ1) is 20.3. The molecule has 150 valence electrons. The van der Waals surface area contributed by atoms with E-state index in [9.17, 15) is 14.4 Å². The van der Waals surface area contributed by atoms with Gasteiger partial charge in [-0.05, 0) is 31.0 Å². The normalized spacial score (nSPS) is 10.9. The Morgan fingerprint density at radius 1 is 1.14 bits per heavy atom. The Morgan fingerprint density at radius 3 is 2.48 bits per heavy atom. The number of rotatable bonds is 5. The molecule has 0 unspecified atom stereocenters. The minimum Gasteiger partial charge on any atom is -0.465 e. The number of ether oxygens (including phenoxy) is 1. The van der Waals surface area contributed by atoms with Crippen LogP contribution in [0.25, 0.3) is 10.8 Å². The first-order valence-electron chi connectivity index (χ1n) is 9.32. The molecule has 0 atom stereocenters. The van der Waals surface area contributed by atoms with Gasteiger partial charge in [-0.1, -0.05) is 43.7 Å². The molecule has 0 saturated heterocycles. The summed E-state index contributed by atoms with van der Waals surface area (Å²) in [6.45, 7) is 6.17. The van der Waals surface area contributed by atoms with Crippen LogP contribution in [0.1, 0.15) is 40.3 Å². The minimum absolute atomic E-state index is 0.122. The maximum absolute atomic E-state index is 13.1. The third kappa shape index (κ3) is 4.18. The molecule has 0 aliphatic heterocycles. The predicted octanol–water partition coefficient (Wildman–Crippen LogP) is 3.40. The number of carbonyl (C=O) groups is 2. The Labute approximate surface area is 168 Å². The molecule has 0 aliphatic carbocycles. The summed E-state index contributed by atoms with van der Waals surface area (Å²) < 4.78 is 6.13. The van der Waals surface area contributed by atoms with E-state index in [4.69, 9.17) is 4.74 Å². The summed E-state index contributed by atoms with van der Waals surface area (Å²) in [6.07, 6.45) is 0. The Kier molecular flexibility index (Phi) is 5.77. The number of nitrogens with zero attached hydrogens (tertiary/aromatic N) is 2. The monoisotopic (exact) mass is 393 g/mol. The zero-order valence-corrected chi connectivity index (χ0v) is 16.9. The van der Waals surface area contributed by atoms with Crippen molar-refractivity contribution < 1.29 is 14.3 Å². The van der Waals surface area contributed by atoms with Gasteiger partial charge in [0.2, 0.25) is 0 Å². The van der Waals surface area contributed by atoms with E-state index in [1.807, 2.05) is 20.8 Å². The maximum atomic E-state index is 13.1. The number of anilines is 1. The molecule has 2 aromatic carbocycles. The van der Waals surface area contributed by atoms with E-state index in [0.717, 1.165) is 5.56 Å². The molecule has 0 bridgehead atoms. The maximum Gasteiger partial charge on any atom is 0.339 e. The first-order chi connectivity index (χ1) is 13.8. The van der Waals surface area contributed by atoms with Crippen molar-refractivity contribution in [1.29, 1.82) is 0 Å². The molecule has 29 heavy (non-hydrogen) atoms. The second-order valence-electron chi connectivity index (χ2n) is 7.27. The van der Waals surface area contributed by atoms with Crippen LogP contribution < -0.4 is 10.9 Å². The van der Waals surface area contributed by atoms with E-state index in [1.165, 1.54) is 11.8 Å². The van der Waals surface area contributed by atoms with Crippen molar-refractivity contribution in [3.05, 3.63) is 69.6 Å². The van der Waals surface area contributed by atoms with E-state index in [0.29, 0.717) is 23.0 Å². The quantitative estimate of drug-likeness (QED) is 0.671. The molecular formula is C22H23N3O4. The Balaban J connectivity index is 2.10. The molecule has 0 radical (unpaired) electrons. The lowest BCUT2D eigenvalue weighted by atomic mass is 10.1. The van der Waals surface area contributed by atoms with Crippen LogP contribution in [-0.2, 0) is 11.3 Å². The predicted molar refractivity (Wildman–Crippen MR) is 111 cm³/mol. The summed E-state index contributed by atoms with van der Waals surface area (Å²) >= 11 is 0. The van der Waals surface area contributed by atoms with Gasteiger partial charge in [0.15, 0.2) is 5.69 Å². The highest BCUT2D eigenvalue weighted by molar-refractivity contribution is 6.13. The van der Waals surface area contributed by atoms with Gasteiger partial charge < -0.3 is 10.1 Å². The Bertz CT molecular complexity index is 1150. The fourth-order valence-electron chi connectivity index (χ4n) is 3.10. The average molecular weight is 393 g/mol. The van der Waals surface area contributed by atoms with Crippen LogP contribution in [0, 0.1) is 12.8 Å². The number of carbonyl (C=O) groups excluding carboxylic acids is 2.